The van der Waals surface area contributed by atoms with E-state index in [1.165, 1.54) is 19.3 Å². The second kappa shape index (κ2) is 7.33. The molecule has 0 saturated carbocycles. The number of hydrogen-bond acceptors (Lipinski definition) is 5. The molecule has 7 nitrogen and oxygen atoms in total. The largest absolute Gasteiger partial charge is 0.399 e. The summed E-state index contributed by atoms with van der Waals surface area (Å²) < 4.78 is 0. The first-order valence-corrected chi connectivity index (χ1v) is 7.65. The molecule has 25 heavy (non-hydrogen) atoms. The van der Waals surface area contributed by atoms with Crippen LogP contribution in [-0.2, 0) is 4.79 Å². The molecular weight excluding hydrogens is 322 g/mol. The SMILES string of the molecule is CC(C)(O)[C@H](NC(=O)c1ccc(-c2ccc(N)cc2)cc1)C(=O)NO. The highest BCUT2D eigenvalue weighted by molar-refractivity contribution is 5.98. The van der Waals surface area contributed by atoms with Crippen molar-refractivity contribution in [2.24, 2.45) is 0 Å². The van der Waals surface area contributed by atoms with E-state index >= 15 is 0 Å². The molecule has 0 aliphatic heterocycles. The molecule has 0 spiro atoms. The second-order valence-corrected chi connectivity index (χ2v) is 6.24. The fourth-order valence-corrected chi connectivity index (χ4v) is 2.33. The maximum atomic E-state index is 12.3. The molecule has 2 aromatic carbocycles. The Labute approximate surface area is 145 Å². The summed E-state index contributed by atoms with van der Waals surface area (Å²) in [5, 5.41) is 21.2. The van der Waals surface area contributed by atoms with Crippen LogP contribution in [-0.4, -0.2) is 33.8 Å². The number of aliphatic hydroxyl groups is 1. The third-order valence-corrected chi connectivity index (χ3v) is 3.75. The minimum absolute atomic E-state index is 0.319. The number of hydrogen-bond donors (Lipinski definition) is 5. The van der Waals surface area contributed by atoms with Gasteiger partial charge in [0.1, 0.15) is 6.04 Å². The lowest BCUT2D eigenvalue weighted by molar-refractivity contribution is -0.136. The Balaban J connectivity index is 2.17. The van der Waals surface area contributed by atoms with Gasteiger partial charge in [-0.1, -0.05) is 24.3 Å². The van der Waals surface area contributed by atoms with E-state index in [1.54, 1.807) is 36.4 Å². The number of benzene rings is 2. The van der Waals surface area contributed by atoms with Crippen molar-refractivity contribution in [3.8, 4) is 11.1 Å². The second-order valence-electron chi connectivity index (χ2n) is 6.24. The molecule has 0 aliphatic rings. The van der Waals surface area contributed by atoms with Crippen molar-refractivity contribution in [1.29, 1.82) is 0 Å². The molecule has 0 radical (unpaired) electrons. The number of rotatable bonds is 5. The van der Waals surface area contributed by atoms with E-state index < -0.39 is 23.5 Å². The summed E-state index contributed by atoms with van der Waals surface area (Å²) in [6.07, 6.45) is 0. The van der Waals surface area contributed by atoms with E-state index in [4.69, 9.17) is 10.9 Å². The van der Waals surface area contributed by atoms with Gasteiger partial charge in [0.25, 0.3) is 11.8 Å². The fraction of sp³-hybridized carbons (Fsp3) is 0.222. The summed E-state index contributed by atoms with van der Waals surface area (Å²) in [6.45, 7) is 2.72. The molecule has 7 heteroatoms. The van der Waals surface area contributed by atoms with Gasteiger partial charge in [0.05, 0.1) is 5.60 Å². The number of carbonyl (C=O) groups is 2. The zero-order valence-corrected chi connectivity index (χ0v) is 14.0. The monoisotopic (exact) mass is 343 g/mol. The topological polar surface area (TPSA) is 125 Å². The first-order chi connectivity index (χ1) is 11.7. The number of anilines is 1. The van der Waals surface area contributed by atoms with Crippen LogP contribution in [0.25, 0.3) is 11.1 Å². The number of hydroxylamine groups is 1. The average molecular weight is 343 g/mol. The van der Waals surface area contributed by atoms with E-state index in [2.05, 4.69) is 5.32 Å². The molecule has 0 unspecified atom stereocenters. The molecule has 0 aliphatic carbocycles. The number of amides is 2. The molecule has 2 amide bonds. The normalized spacial score (nSPS) is 12.3. The summed E-state index contributed by atoms with van der Waals surface area (Å²) in [5.41, 5.74) is 8.40. The molecule has 0 fully saturated rings. The van der Waals surface area contributed by atoms with Crippen molar-refractivity contribution in [2.75, 3.05) is 5.73 Å². The number of nitrogens with two attached hydrogens (primary N) is 1. The Morgan fingerprint density at radius 2 is 1.48 bits per heavy atom. The van der Waals surface area contributed by atoms with Crippen molar-refractivity contribution < 1.29 is 19.9 Å². The summed E-state index contributed by atoms with van der Waals surface area (Å²) in [7, 11) is 0. The summed E-state index contributed by atoms with van der Waals surface area (Å²) in [5.74, 6) is -1.45. The molecule has 0 heterocycles. The van der Waals surface area contributed by atoms with Crippen LogP contribution in [0.15, 0.2) is 48.5 Å². The first kappa shape index (κ1) is 18.4. The molecule has 6 N–H and O–H groups in total. The van der Waals surface area contributed by atoms with E-state index in [-0.39, 0.29) is 0 Å². The van der Waals surface area contributed by atoms with Crippen LogP contribution in [0.3, 0.4) is 0 Å². The maximum absolute atomic E-state index is 12.3. The van der Waals surface area contributed by atoms with Crippen molar-refractivity contribution >= 4 is 17.5 Å². The zero-order chi connectivity index (χ0) is 18.6. The van der Waals surface area contributed by atoms with Gasteiger partial charge in [0.15, 0.2) is 0 Å². The van der Waals surface area contributed by atoms with Crippen LogP contribution >= 0.6 is 0 Å². The predicted molar refractivity (Wildman–Crippen MR) is 93.8 cm³/mol. The Bertz CT molecular complexity index is 749. The Morgan fingerprint density at radius 1 is 1.00 bits per heavy atom. The summed E-state index contributed by atoms with van der Waals surface area (Å²) >= 11 is 0. The van der Waals surface area contributed by atoms with Crippen molar-refractivity contribution in [2.45, 2.75) is 25.5 Å². The standard InChI is InChI=1S/C18H21N3O4/c1-18(2,24)15(17(23)21-25)20-16(22)13-5-3-11(4-6-13)12-7-9-14(19)10-8-12/h3-10,15,24-25H,19H2,1-2H3,(H,20,22)(H,21,23)/t15-/m1/s1. The van der Waals surface area contributed by atoms with E-state index in [9.17, 15) is 14.7 Å². The molecule has 1 atom stereocenters. The lowest BCUT2D eigenvalue weighted by atomic mass is 9.97. The molecule has 0 bridgehead atoms. The van der Waals surface area contributed by atoms with Gasteiger partial charge in [-0.3, -0.25) is 14.8 Å². The minimum Gasteiger partial charge on any atom is -0.399 e. The van der Waals surface area contributed by atoms with E-state index in [0.717, 1.165) is 11.1 Å². The van der Waals surface area contributed by atoms with Crippen LogP contribution in [0, 0.1) is 0 Å². The van der Waals surface area contributed by atoms with Gasteiger partial charge in [-0.15, -0.1) is 0 Å². The highest BCUT2D eigenvalue weighted by Gasteiger charge is 2.34. The molecular formula is C18H21N3O4. The number of nitrogens with one attached hydrogen (secondary N) is 2. The van der Waals surface area contributed by atoms with Gasteiger partial charge in [0, 0.05) is 11.3 Å². The van der Waals surface area contributed by atoms with Crippen molar-refractivity contribution in [3.05, 3.63) is 54.1 Å². The van der Waals surface area contributed by atoms with Crippen LogP contribution < -0.4 is 16.5 Å². The van der Waals surface area contributed by atoms with Gasteiger partial charge < -0.3 is 16.2 Å². The Kier molecular flexibility index (Phi) is 5.41. The minimum atomic E-state index is -1.55. The molecule has 0 saturated heterocycles. The molecule has 2 aromatic rings. The number of nitrogen functional groups attached to an aromatic ring is 1. The lowest BCUT2D eigenvalue weighted by Crippen LogP contribution is -2.57. The van der Waals surface area contributed by atoms with E-state index in [0.29, 0.717) is 11.3 Å². The quantitative estimate of drug-likeness (QED) is 0.318. The van der Waals surface area contributed by atoms with Crippen molar-refractivity contribution in [1.82, 2.24) is 10.8 Å². The lowest BCUT2D eigenvalue weighted by Gasteiger charge is -2.28. The van der Waals surface area contributed by atoms with Gasteiger partial charge in [0.2, 0.25) is 0 Å². The smallest absolute Gasteiger partial charge is 0.268 e. The summed E-state index contributed by atoms with van der Waals surface area (Å²) in [6, 6.07) is 12.8. The number of carbonyl (C=O) groups excluding carboxylic acids is 2. The zero-order valence-electron chi connectivity index (χ0n) is 14.0. The highest BCUT2D eigenvalue weighted by Crippen LogP contribution is 2.21. The van der Waals surface area contributed by atoms with Gasteiger partial charge >= 0.3 is 0 Å². The molecule has 0 aromatic heterocycles. The van der Waals surface area contributed by atoms with E-state index in [1.807, 2.05) is 12.1 Å². The van der Waals surface area contributed by atoms with Gasteiger partial charge in [-0.05, 0) is 49.2 Å². The fourth-order valence-electron chi connectivity index (χ4n) is 2.33. The predicted octanol–water partition coefficient (Wildman–Crippen LogP) is 1.31. The third-order valence-electron chi connectivity index (χ3n) is 3.75. The third kappa shape index (κ3) is 4.56. The van der Waals surface area contributed by atoms with Gasteiger partial charge in [-0.25, -0.2) is 5.48 Å². The van der Waals surface area contributed by atoms with Crippen molar-refractivity contribution in [3.63, 3.8) is 0 Å². The maximum Gasteiger partial charge on any atom is 0.268 e. The van der Waals surface area contributed by atoms with Crippen LogP contribution in [0.1, 0.15) is 24.2 Å². The molecule has 132 valence electrons. The Hall–Kier alpha value is -2.90. The highest BCUT2D eigenvalue weighted by atomic mass is 16.5. The first-order valence-electron chi connectivity index (χ1n) is 7.65. The van der Waals surface area contributed by atoms with Gasteiger partial charge in [-0.2, -0.15) is 0 Å². The summed E-state index contributed by atoms with van der Waals surface area (Å²) in [4.78, 5) is 24.0. The Morgan fingerprint density at radius 3 is 1.92 bits per heavy atom. The average Bonchev–Trinajstić information content (AvgIpc) is 2.58. The van der Waals surface area contributed by atoms with Crippen LogP contribution in [0.5, 0.6) is 0 Å². The van der Waals surface area contributed by atoms with Crippen LogP contribution in [0.4, 0.5) is 5.69 Å². The molecule has 2 rings (SSSR count). The van der Waals surface area contributed by atoms with Crippen LogP contribution in [0.2, 0.25) is 0 Å².